The molecule has 0 aromatic heterocycles. The quantitative estimate of drug-likeness (QED) is 0.748. The number of rotatable bonds is 4. The first-order valence-electron chi connectivity index (χ1n) is 10.8. The summed E-state index contributed by atoms with van der Waals surface area (Å²) in [4.78, 5) is 27.7. The van der Waals surface area contributed by atoms with Crippen molar-refractivity contribution < 1.29 is 14.3 Å². The molecule has 0 bridgehead atoms. The van der Waals surface area contributed by atoms with E-state index in [0.717, 1.165) is 28.9 Å². The van der Waals surface area contributed by atoms with Gasteiger partial charge >= 0.3 is 5.97 Å². The third-order valence-corrected chi connectivity index (χ3v) is 7.28. The zero-order valence-corrected chi connectivity index (χ0v) is 17.8. The summed E-state index contributed by atoms with van der Waals surface area (Å²) in [6, 6.07) is 17.9. The number of para-hydroxylation sites is 1. The second-order valence-electron chi connectivity index (χ2n) is 8.85. The molecule has 2 aliphatic heterocycles. The second kappa shape index (κ2) is 7.24. The van der Waals surface area contributed by atoms with Crippen LogP contribution in [0.1, 0.15) is 30.9 Å². The molecule has 4 atom stereocenters. The Morgan fingerprint density at radius 1 is 1.16 bits per heavy atom. The standard InChI is InChI=1S/C25H27N3O3/c1-15-12-20-25(13-19(23(26)29)28(20)14-16-8-4-3-5-9-16)17-10-6-7-11-18(17)27-22(25)21(15)24(30)31-2/h3-11,15,19-20,27H,12-14H2,1-2H3,(H2,26,29)/t15-,19+,20+,25-/m1/s1. The number of carbonyl (C=O) groups is 2. The molecule has 0 radical (unpaired) electrons. The predicted octanol–water partition coefficient (Wildman–Crippen LogP) is 2.95. The number of methoxy groups -OCH3 is 1. The third kappa shape index (κ3) is 2.82. The number of nitrogens with zero attached hydrogens (tertiary/aromatic N) is 1. The Balaban J connectivity index is 1.71. The molecule has 6 nitrogen and oxygen atoms in total. The largest absolute Gasteiger partial charge is 0.466 e. The first-order valence-corrected chi connectivity index (χ1v) is 10.8. The van der Waals surface area contributed by atoms with Gasteiger partial charge < -0.3 is 15.8 Å². The van der Waals surface area contributed by atoms with Gasteiger partial charge in [0.1, 0.15) is 0 Å². The van der Waals surface area contributed by atoms with Gasteiger partial charge in [-0.1, -0.05) is 55.5 Å². The number of likely N-dealkylation sites (tertiary alicyclic amines) is 1. The number of fused-ring (bicyclic) bond motifs is 1. The van der Waals surface area contributed by atoms with Gasteiger partial charge in [-0.25, -0.2) is 4.79 Å². The van der Waals surface area contributed by atoms with Crippen LogP contribution in [-0.4, -0.2) is 36.0 Å². The van der Waals surface area contributed by atoms with Gasteiger partial charge in [0, 0.05) is 24.0 Å². The van der Waals surface area contributed by atoms with E-state index in [4.69, 9.17) is 10.5 Å². The molecule has 31 heavy (non-hydrogen) atoms. The number of hydrogen-bond acceptors (Lipinski definition) is 5. The van der Waals surface area contributed by atoms with Gasteiger partial charge in [-0.2, -0.15) is 0 Å². The number of nitrogens with two attached hydrogens (primary N) is 1. The van der Waals surface area contributed by atoms with Crippen molar-refractivity contribution in [2.45, 2.75) is 43.8 Å². The fraction of sp³-hybridized carbons (Fsp3) is 0.360. The van der Waals surface area contributed by atoms with Crippen LogP contribution in [0.2, 0.25) is 0 Å². The molecule has 160 valence electrons. The number of benzene rings is 2. The summed E-state index contributed by atoms with van der Waals surface area (Å²) in [7, 11) is 1.42. The van der Waals surface area contributed by atoms with E-state index < -0.39 is 11.5 Å². The Kier molecular flexibility index (Phi) is 4.63. The number of carbonyl (C=O) groups excluding carboxylic acids is 2. The lowest BCUT2D eigenvalue weighted by atomic mass is 9.64. The van der Waals surface area contributed by atoms with Crippen molar-refractivity contribution in [1.82, 2.24) is 4.90 Å². The normalized spacial score (nSPS) is 29.0. The van der Waals surface area contributed by atoms with E-state index >= 15 is 0 Å². The van der Waals surface area contributed by atoms with Crippen molar-refractivity contribution in [1.29, 1.82) is 0 Å². The molecule has 2 aromatic rings. The molecular weight excluding hydrogens is 390 g/mol. The van der Waals surface area contributed by atoms with Crippen LogP contribution < -0.4 is 11.1 Å². The van der Waals surface area contributed by atoms with Crippen LogP contribution in [0.3, 0.4) is 0 Å². The first kappa shape index (κ1) is 19.8. The van der Waals surface area contributed by atoms with Crippen LogP contribution in [0, 0.1) is 5.92 Å². The molecule has 3 aliphatic rings. The summed E-state index contributed by atoms with van der Waals surface area (Å²) in [6.45, 7) is 2.70. The van der Waals surface area contributed by atoms with E-state index in [2.05, 4.69) is 35.3 Å². The summed E-state index contributed by atoms with van der Waals surface area (Å²) in [5.74, 6) is -0.638. The maximum atomic E-state index is 12.8. The van der Waals surface area contributed by atoms with Crippen molar-refractivity contribution >= 4 is 17.6 Å². The van der Waals surface area contributed by atoms with Crippen molar-refractivity contribution in [2.75, 3.05) is 12.4 Å². The summed E-state index contributed by atoms with van der Waals surface area (Å²) < 4.78 is 5.17. The Morgan fingerprint density at radius 2 is 1.87 bits per heavy atom. The van der Waals surface area contributed by atoms with E-state index in [-0.39, 0.29) is 23.8 Å². The monoisotopic (exact) mass is 417 g/mol. The van der Waals surface area contributed by atoms with Crippen LogP contribution in [0.25, 0.3) is 0 Å². The van der Waals surface area contributed by atoms with Gasteiger partial charge in [-0.3, -0.25) is 9.69 Å². The summed E-state index contributed by atoms with van der Waals surface area (Å²) in [5.41, 5.74) is 10.3. The number of anilines is 1. The molecule has 1 spiro atoms. The first-order chi connectivity index (χ1) is 15.0. The molecule has 3 N–H and O–H groups in total. The van der Waals surface area contributed by atoms with Crippen LogP contribution in [0.15, 0.2) is 65.9 Å². The second-order valence-corrected chi connectivity index (χ2v) is 8.85. The molecule has 5 rings (SSSR count). The summed E-state index contributed by atoms with van der Waals surface area (Å²) in [6.07, 6.45) is 1.30. The molecule has 0 saturated carbocycles. The maximum Gasteiger partial charge on any atom is 0.335 e. The van der Waals surface area contributed by atoms with Gasteiger partial charge in [0.15, 0.2) is 0 Å². The van der Waals surface area contributed by atoms with E-state index in [0.29, 0.717) is 18.5 Å². The van der Waals surface area contributed by atoms with Crippen molar-refractivity contribution in [3.05, 3.63) is 77.0 Å². The SMILES string of the molecule is COC(=O)C1=C2Nc3ccccc3[C@@]23C[C@@H](C(N)=O)N(Cc2ccccc2)[C@H]3C[C@H]1C. The zero-order valence-electron chi connectivity index (χ0n) is 17.8. The molecule has 1 amide bonds. The van der Waals surface area contributed by atoms with E-state index in [1.165, 1.54) is 7.11 Å². The summed E-state index contributed by atoms with van der Waals surface area (Å²) in [5, 5.41) is 3.54. The van der Waals surface area contributed by atoms with E-state index in [1.807, 2.05) is 36.4 Å². The zero-order chi connectivity index (χ0) is 21.8. The molecular formula is C25H27N3O3. The highest BCUT2D eigenvalue weighted by Crippen LogP contribution is 2.60. The van der Waals surface area contributed by atoms with Gasteiger partial charge in [-0.05, 0) is 36.0 Å². The van der Waals surface area contributed by atoms with Gasteiger partial charge in [-0.15, -0.1) is 0 Å². The van der Waals surface area contributed by atoms with E-state index in [1.54, 1.807) is 0 Å². The van der Waals surface area contributed by atoms with Crippen LogP contribution in [-0.2, 0) is 26.3 Å². The Morgan fingerprint density at radius 3 is 2.58 bits per heavy atom. The average molecular weight is 418 g/mol. The Hall–Kier alpha value is -3.12. The van der Waals surface area contributed by atoms with Crippen LogP contribution in [0.5, 0.6) is 0 Å². The fourth-order valence-corrected chi connectivity index (χ4v) is 6.01. The lowest BCUT2D eigenvalue weighted by Crippen LogP contribution is -2.50. The third-order valence-electron chi connectivity index (χ3n) is 7.28. The lowest BCUT2D eigenvalue weighted by molar-refractivity contribution is -0.137. The van der Waals surface area contributed by atoms with Gasteiger partial charge in [0.05, 0.1) is 24.1 Å². The predicted molar refractivity (Wildman–Crippen MR) is 118 cm³/mol. The van der Waals surface area contributed by atoms with Gasteiger partial charge in [0.2, 0.25) is 5.91 Å². The lowest BCUT2D eigenvalue weighted by Gasteiger charge is -2.43. The molecule has 1 saturated heterocycles. The number of ether oxygens (including phenoxy) is 1. The number of amides is 1. The topological polar surface area (TPSA) is 84.7 Å². The minimum Gasteiger partial charge on any atom is -0.466 e. The number of primary amides is 1. The maximum absolute atomic E-state index is 12.8. The molecule has 6 heteroatoms. The number of nitrogens with one attached hydrogen (secondary N) is 1. The van der Waals surface area contributed by atoms with Crippen molar-refractivity contribution in [2.24, 2.45) is 11.7 Å². The van der Waals surface area contributed by atoms with Crippen molar-refractivity contribution in [3.63, 3.8) is 0 Å². The fourth-order valence-electron chi connectivity index (χ4n) is 6.01. The number of esters is 1. The highest BCUT2D eigenvalue weighted by Gasteiger charge is 2.63. The summed E-state index contributed by atoms with van der Waals surface area (Å²) >= 11 is 0. The van der Waals surface area contributed by atoms with Crippen LogP contribution >= 0.6 is 0 Å². The molecule has 2 aromatic carbocycles. The van der Waals surface area contributed by atoms with Crippen LogP contribution in [0.4, 0.5) is 5.69 Å². The highest BCUT2D eigenvalue weighted by atomic mass is 16.5. The minimum absolute atomic E-state index is 0.00714. The highest BCUT2D eigenvalue weighted by molar-refractivity contribution is 5.94. The Labute approximate surface area is 182 Å². The average Bonchev–Trinajstić information content (AvgIpc) is 3.27. The van der Waals surface area contributed by atoms with E-state index in [9.17, 15) is 9.59 Å². The smallest absolute Gasteiger partial charge is 0.335 e. The number of hydrogen-bond donors (Lipinski definition) is 2. The molecule has 2 heterocycles. The minimum atomic E-state index is -0.485. The molecule has 0 unspecified atom stereocenters. The Bertz CT molecular complexity index is 1080. The molecule has 1 aliphatic carbocycles. The van der Waals surface area contributed by atoms with Crippen molar-refractivity contribution in [3.8, 4) is 0 Å². The van der Waals surface area contributed by atoms with Gasteiger partial charge in [0.25, 0.3) is 0 Å². The molecule has 1 fully saturated rings.